The molecule has 1 aliphatic rings. The first-order chi connectivity index (χ1) is 9.57. The number of benzene rings is 1. The average Bonchev–Trinajstić information content (AvgIpc) is 2.47. The highest BCUT2D eigenvalue weighted by Gasteiger charge is 2.38. The molecule has 1 fully saturated rings. The number of hydrogen-bond acceptors (Lipinski definition) is 3. The SMILES string of the molecule is N/C(=N/O)C1(NC(=O)c2cccc(Cl)c2)CCCCC1. The van der Waals surface area contributed by atoms with E-state index in [1.165, 1.54) is 0 Å². The van der Waals surface area contributed by atoms with Crippen LogP contribution in [0.3, 0.4) is 0 Å². The van der Waals surface area contributed by atoms with Crippen LogP contribution in [-0.2, 0) is 0 Å². The van der Waals surface area contributed by atoms with Gasteiger partial charge in [0.2, 0.25) is 0 Å². The second-order valence-electron chi connectivity index (χ2n) is 5.09. The molecule has 5 nitrogen and oxygen atoms in total. The van der Waals surface area contributed by atoms with Gasteiger partial charge in [-0.2, -0.15) is 0 Å². The highest BCUT2D eigenvalue weighted by molar-refractivity contribution is 6.31. The third-order valence-electron chi connectivity index (χ3n) is 3.74. The Bertz CT molecular complexity index is 525. The number of nitrogens with one attached hydrogen (secondary N) is 1. The molecule has 0 aromatic heterocycles. The lowest BCUT2D eigenvalue weighted by Gasteiger charge is -2.36. The molecule has 20 heavy (non-hydrogen) atoms. The molecule has 2 rings (SSSR count). The Morgan fingerprint density at radius 1 is 1.35 bits per heavy atom. The van der Waals surface area contributed by atoms with Crippen molar-refractivity contribution in [2.75, 3.05) is 0 Å². The van der Waals surface area contributed by atoms with Gasteiger partial charge in [0, 0.05) is 10.6 Å². The van der Waals surface area contributed by atoms with Gasteiger partial charge in [0.25, 0.3) is 5.91 Å². The summed E-state index contributed by atoms with van der Waals surface area (Å²) in [6.07, 6.45) is 4.32. The summed E-state index contributed by atoms with van der Waals surface area (Å²) in [4.78, 5) is 12.3. The van der Waals surface area contributed by atoms with Crippen LogP contribution in [0.25, 0.3) is 0 Å². The molecule has 0 heterocycles. The van der Waals surface area contributed by atoms with E-state index in [1.54, 1.807) is 24.3 Å². The average molecular weight is 296 g/mol. The van der Waals surface area contributed by atoms with Gasteiger partial charge in [-0.05, 0) is 31.0 Å². The van der Waals surface area contributed by atoms with E-state index in [2.05, 4.69) is 10.5 Å². The van der Waals surface area contributed by atoms with Gasteiger partial charge < -0.3 is 16.3 Å². The van der Waals surface area contributed by atoms with Crippen LogP contribution >= 0.6 is 11.6 Å². The van der Waals surface area contributed by atoms with Gasteiger partial charge in [-0.1, -0.05) is 42.1 Å². The quantitative estimate of drug-likeness (QED) is 0.346. The van der Waals surface area contributed by atoms with E-state index in [9.17, 15) is 4.79 Å². The second kappa shape index (κ2) is 6.13. The van der Waals surface area contributed by atoms with Crippen molar-refractivity contribution in [2.24, 2.45) is 10.9 Å². The maximum Gasteiger partial charge on any atom is 0.252 e. The fourth-order valence-electron chi connectivity index (χ4n) is 2.62. The number of oxime groups is 1. The lowest BCUT2D eigenvalue weighted by Crippen LogP contribution is -2.58. The zero-order valence-corrected chi connectivity index (χ0v) is 11.9. The Kier molecular flexibility index (Phi) is 4.49. The normalized spacial score (nSPS) is 18.6. The van der Waals surface area contributed by atoms with E-state index in [0.717, 1.165) is 19.3 Å². The molecule has 108 valence electrons. The maximum atomic E-state index is 12.3. The fourth-order valence-corrected chi connectivity index (χ4v) is 2.81. The van der Waals surface area contributed by atoms with Crippen LogP contribution in [0.2, 0.25) is 5.02 Å². The molecule has 1 amide bonds. The van der Waals surface area contributed by atoms with Gasteiger partial charge in [-0.25, -0.2) is 0 Å². The van der Waals surface area contributed by atoms with Crippen molar-refractivity contribution in [3.63, 3.8) is 0 Å². The number of nitrogens with two attached hydrogens (primary N) is 1. The molecule has 0 bridgehead atoms. The van der Waals surface area contributed by atoms with Crippen molar-refractivity contribution in [2.45, 2.75) is 37.6 Å². The minimum absolute atomic E-state index is 0.0626. The van der Waals surface area contributed by atoms with Gasteiger partial charge in [0.05, 0.1) is 0 Å². The summed E-state index contributed by atoms with van der Waals surface area (Å²) in [5.74, 6) is -0.200. The number of rotatable bonds is 3. The molecule has 1 aromatic carbocycles. The molecule has 1 aromatic rings. The zero-order chi connectivity index (χ0) is 14.6. The van der Waals surface area contributed by atoms with Crippen molar-refractivity contribution < 1.29 is 10.0 Å². The van der Waals surface area contributed by atoms with E-state index in [4.69, 9.17) is 22.5 Å². The molecule has 0 unspecified atom stereocenters. The van der Waals surface area contributed by atoms with E-state index in [-0.39, 0.29) is 11.7 Å². The van der Waals surface area contributed by atoms with Crippen LogP contribution in [0.15, 0.2) is 29.4 Å². The van der Waals surface area contributed by atoms with E-state index >= 15 is 0 Å². The summed E-state index contributed by atoms with van der Waals surface area (Å²) in [7, 11) is 0. The molecule has 0 atom stereocenters. The second-order valence-corrected chi connectivity index (χ2v) is 5.53. The van der Waals surface area contributed by atoms with Gasteiger partial charge >= 0.3 is 0 Å². The number of amides is 1. The van der Waals surface area contributed by atoms with Crippen molar-refractivity contribution >= 4 is 23.3 Å². The molecule has 1 saturated carbocycles. The lowest BCUT2D eigenvalue weighted by atomic mass is 9.80. The van der Waals surface area contributed by atoms with Crippen molar-refractivity contribution in [3.8, 4) is 0 Å². The van der Waals surface area contributed by atoms with Crippen LogP contribution in [0.5, 0.6) is 0 Å². The molecular formula is C14H18ClN3O2. The molecule has 0 saturated heterocycles. The van der Waals surface area contributed by atoms with Crippen molar-refractivity contribution in [1.29, 1.82) is 0 Å². The summed E-state index contributed by atoms with van der Waals surface area (Å²) in [6.45, 7) is 0. The Hall–Kier alpha value is -1.75. The lowest BCUT2D eigenvalue weighted by molar-refractivity contribution is 0.0905. The monoisotopic (exact) mass is 295 g/mol. The molecule has 6 heteroatoms. The summed E-state index contributed by atoms with van der Waals surface area (Å²) >= 11 is 5.89. The Labute approximate surface area is 122 Å². The van der Waals surface area contributed by atoms with Crippen LogP contribution in [-0.4, -0.2) is 22.5 Å². The van der Waals surface area contributed by atoms with Crippen LogP contribution < -0.4 is 11.1 Å². The largest absolute Gasteiger partial charge is 0.409 e. The number of halogens is 1. The Morgan fingerprint density at radius 3 is 2.65 bits per heavy atom. The molecular weight excluding hydrogens is 278 g/mol. The minimum atomic E-state index is -0.758. The third kappa shape index (κ3) is 3.04. The summed E-state index contributed by atoms with van der Waals surface area (Å²) in [6, 6.07) is 6.70. The molecule has 0 radical (unpaired) electrons. The third-order valence-corrected chi connectivity index (χ3v) is 3.98. The first kappa shape index (κ1) is 14.7. The number of carbonyl (C=O) groups is 1. The molecule has 0 aliphatic heterocycles. The van der Waals surface area contributed by atoms with Gasteiger partial charge in [-0.3, -0.25) is 4.79 Å². The van der Waals surface area contributed by atoms with E-state index < -0.39 is 5.54 Å². The maximum absolute atomic E-state index is 12.3. The fraction of sp³-hybridized carbons (Fsp3) is 0.429. The van der Waals surface area contributed by atoms with Crippen LogP contribution in [0.1, 0.15) is 42.5 Å². The van der Waals surface area contributed by atoms with E-state index in [1.807, 2.05) is 0 Å². The Balaban J connectivity index is 2.22. The first-order valence-corrected chi connectivity index (χ1v) is 7.01. The number of carbonyl (C=O) groups excluding carboxylic acids is 1. The predicted molar refractivity (Wildman–Crippen MR) is 78.1 cm³/mol. The molecule has 4 N–H and O–H groups in total. The van der Waals surface area contributed by atoms with Crippen molar-refractivity contribution in [3.05, 3.63) is 34.9 Å². The molecule has 0 spiro atoms. The highest BCUT2D eigenvalue weighted by Crippen LogP contribution is 2.29. The number of nitrogens with zero attached hydrogens (tertiary/aromatic N) is 1. The summed E-state index contributed by atoms with van der Waals surface area (Å²) in [5.41, 5.74) is 5.51. The first-order valence-electron chi connectivity index (χ1n) is 6.63. The van der Waals surface area contributed by atoms with Gasteiger partial charge in [0.15, 0.2) is 5.84 Å². The van der Waals surface area contributed by atoms with Gasteiger partial charge in [0.1, 0.15) is 5.54 Å². The zero-order valence-electron chi connectivity index (χ0n) is 11.1. The van der Waals surface area contributed by atoms with Crippen LogP contribution in [0.4, 0.5) is 0 Å². The topological polar surface area (TPSA) is 87.7 Å². The minimum Gasteiger partial charge on any atom is -0.409 e. The smallest absolute Gasteiger partial charge is 0.252 e. The van der Waals surface area contributed by atoms with Crippen LogP contribution in [0, 0.1) is 0 Å². The summed E-state index contributed by atoms with van der Waals surface area (Å²) < 4.78 is 0. The molecule has 1 aliphatic carbocycles. The summed E-state index contributed by atoms with van der Waals surface area (Å²) in [5, 5.41) is 15.5. The standard InChI is InChI=1S/C14H18ClN3O2/c15-11-6-4-5-10(9-11)12(19)17-14(13(16)18-20)7-2-1-3-8-14/h4-6,9,20H,1-3,7-8H2,(H2,16,18)(H,17,19). The Morgan fingerprint density at radius 2 is 2.05 bits per heavy atom. The van der Waals surface area contributed by atoms with E-state index in [0.29, 0.717) is 23.4 Å². The van der Waals surface area contributed by atoms with Gasteiger partial charge in [-0.15, -0.1) is 0 Å². The highest BCUT2D eigenvalue weighted by atomic mass is 35.5. The number of amidine groups is 1. The predicted octanol–water partition coefficient (Wildman–Crippen LogP) is 2.52. The number of hydrogen-bond donors (Lipinski definition) is 3. The van der Waals surface area contributed by atoms with Crippen molar-refractivity contribution in [1.82, 2.24) is 5.32 Å².